The molecule has 272 valence electrons. The van der Waals surface area contributed by atoms with Crippen LogP contribution in [0.2, 0.25) is 0 Å². The van der Waals surface area contributed by atoms with E-state index in [0.717, 1.165) is 28.7 Å². The fourth-order valence-electron chi connectivity index (χ4n) is 5.91. The Morgan fingerprint density at radius 3 is 2.33 bits per heavy atom. The van der Waals surface area contributed by atoms with E-state index in [1.54, 1.807) is 17.2 Å². The molecule has 0 saturated carbocycles. The Hall–Kier alpha value is -4.98. The van der Waals surface area contributed by atoms with Crippen molar-refractivity contribution in [2.45, 2.75) is 46.2 Å². The van der Waals surface area contributed by atoms with Crippen LogP contribution in [-0.4, -0.2) is 86.9 Å². The summed E-state index contributed by atoms with van der Waals surface area (Å²) in [4.78, 5) is 63.8. The SMILES string of the molecule is CC(C)(C)[C@H](c1cc(-c2cc(F)ccc2F)cn1Cc1ccccc1)N(CCCNC(=O)O)C(=O)CSCCC(=O)NCCN1C(=O)C=CC1=O. The van der Waals surface area contributed by atoms with Crippen molar-refractivity contribution in [3.8, 4) is 11.1 Å². The summed E-state index contributed by atoms with van der Waals surface area (Å²) in [6, 6.07) is 14.1. The fourth-order valence-corrected chi connectivity index (χ4v) is 6.72. The number of nitrogens with zero attached hydrogens (tertiary/aromatic N) is 3. The van der Waals surface area contributed by atoms with Crippen molar-refractivity contribution >= 4 is 41.5 Å². The highest BCUT2D eigenvalue weighted by molar-refractivity contribution is 7.99. The molecule has 0 fully saturated rings. The number of halogens is 2. The van der Waals surface area contributed by atoms with Gasteiger partial charge in [-0.2, -0.15) is 11.8 Å². The number of hydrogen-bond donors (Lipinski definition) is 3. The maximum atomic E-state index is 15.1. The fraction of sp³-hybridized carbons (Fsp3) is 0.378. The molecule has 1 aliphatic rings. The number of carbonyl (C=O) groups excluding carboxylic acids is 4. The number of carboxylic acid groups (broad SMARTS) is 1. The highest BCUT2D eigenvalue weighted by Gasteiger charge is 2.37. The molecule has 5 amide bonds. The number of nitrogens with one attached hydrogen (secondary N) is 2. The predicted molar refractivity (Wildman–Crippen MR) is 191 cm³/mol. The molecule has 0 unspecified atom stereocenters. The van der Waals surface area contributed by atoms with Crippen molar-refractivity contribution in [3.63, 3.8) is 0 Å². The predicted octanol–water partition coefficient (Wildman–Crippen LogP) is 5.22. The minimum Gasteiger partial charge on any atom is -0.465 e. The quantitative estimate of drug-likeness (QED) is 0.128. The topological polar surface area (TPSA) is 141 Å². The van der Waals surface area contributed by atoms with Crippen LogP contribution >= 0.6 is 11.8 Å². The molecule has 0 spiro atoms. The standard InChI is InChI=1S/C37H43F2N5O6S/c1-37(2,3)35(30-20-26(28-21-27(38)10-11-29(28)39)23-42(30)22-25-8-5-4-6-9-25)44(17-7-15-41-36(49)50)34(48)24-51-19-14-31(45)40-16-18-43-32(46)12-13-33(43)47/h4-6,8-13,20-21,23,35,41H,7,14-19,22,24H2,1-3H3,(H,40,45)(H,49,50)/t35-/m0/s1. The van der Waals surface area contributed by atoms with Crippen LogP contribution in [0.1, 0.15) is 50.9 Å². The third-order valence-electron chi connectivity index (χ3n) is 8.21. The van der Waals surface area contributed by atoms with E-state index in [2.05, 4.69) is 10.6 Å². The van der Waals surface area contributed by atoms with Crippen LogP contribution in [0.5, 0.6) is 0 Å². The Morgan fingerprint density at radius 1 is 0.961 bits per heavy atom. The van der Waals surface area contributed by atoms with E-state index in [0.29, 0.717) is 30.0 Å². The van der Waals surface area contributed by atoms with E-state index in [1.165, 1.54) is 23.9 Å². The number of amides is 5. The van der Waals surface area contributed by atoms with Gasteiger partial charge in [-0.3, -0.25) is 24.1 Å². The summed E-state index contributed by atoms with van der Waals surface area (Å²) in [6.07, 6.45) is 3.36. The number of hydrogen-bond acceptors (Lipinski definition) is 6. The van der Waals surface area contributed by atoms with Gasteiger partial charge < -0.3 is 25.2 Å². The lowest BCUT2D eigenvalue weighted by Gasteiger charge is -2.41. The maximum Gasteiger partial charge on any atom is 0.404 e. The zero-order valence-corrected chi connectivity index (χ0v) is 29.7. The number of benzene rings is 2. The number of carbonyl (C=O) groups is 5. The summed E-state index contributed by atoms with van der Waals surface area (Å²) in [5.41, 5.74) is 1.61. The van der Waals surface area contributed by atoms with Gasteiger partial charge in [-0.1, -0.05) is 51.1 Å². The minimum absolute atomic E-state index is 0.0272. The van der Waals surface area contributed by atoms with Crippen molar-refractivity contribution in [2.24, 2.45) is 5.41 Å². The second-order valence-corrected chi connectivity index (χ2v) is 14.3. The van der Waals surface area contributed by atoms with Gasteiger partial charge >= 0.3 is 6.09 Å². The van der Waals surface area contributed by atoms with Gasteiger partial charge in [-0.05, 0) is 41.7 Å². The Bertz CT molecular complexity index is 1740. The molecule has 51 heavy (non-hydrogen) atoms. The first-order chi connectivity index (χ1) is 24.2. The molecule has 2 heterocycles. The van der Waals surface area contributed by atoms with E-state index in [-0.39, 0.29) is 55.7 Å². The summed E-state index contributed by atoms with van der Waals surface area (Å²) < 4.78 is 31.3. The highest BCUT2D eigenvalue weighted by Crippen LogP contribution is 2.41. The van der Waals surface area contributed by atoms with Gasteiger partial charge in [0.15, 0.2) is 0 Å². The molecule has 3 aromatic rings. The van der Waals surface area contributed by atoms with Gasteiger partial charge in [0, 0.05) is 80.1 Å². The molecule has 0 bridgehead atoms. The van der Waals surface area contributed by atoms with E-state index < -0.39 is 41.0 Å². The lowest BCUT2D eigenvalue weighted by Crippen LogP contribution is -2.44. The second-order valence-electron chi connectivity index (χ2n) is 13.1. The zero-order valence-electron chi connectivity index (χ0n) is 28.9. The lowest BCUT2D eigenvalue weighted by atomic mass is 9.83. The van der Waals surface area contributed by atoms with Gasteiger partial charge in [-0.15, -0.1) is 0 Å². The first-order valence-electron chi connectivity index (χ1n) is 16.6. The highest BCUT2D eigenvalue weighted by atomic mass is 32.2. The summed E-state index contributed by atoms with van der Waals surface area (Å²) >= 11 is 1.27. The van der Waals surface area contributed by atoms with Crippen LogP contribution in [0.15, 0.2) is 72.9 Å². The van der Waals surface area contributed by atoms with Crippen LogP contribution < -0.4 is 10.6 Å². The number of rotatable bonds is 17. The van der Waals surface area contributed by atoms with Gasteiger partial charge in [0.2, 0.25) is 11.8 Å². The summed E-state index contributed by atoms with van der Waals surface area (Å²) in [5.74, 6) is -2.20. The number of imide groups is 1. The van der Waals surface area contributed by atoms with Gasteiger partial charge in [0.1, 0.15) is 11.6 Å². The normalized spacial score (nSPS) is 13.4. The van der Waals surface area contributed by atoms with Gasteiger partial charge in [0.05, 0.1) is 11.8 Å². The van der Waals surface area contributed by atoms with Gasteiger partial charge in [-0.25, -0.2) is 13.6 Å². The molecule has 14 heteroatoms. The van der Waals surface area contributed by atoms with Gasteiger partial charge in [0.25, 0.3) is 11.8 Å². The third kappa shape index (κ3) is 11.0. The average Bonchev–Trinajstić information content (AvgIpc) is 3.62. The zero-order chi connectivity index (χ0) is 37.1. The monoisotopic (exact) mass is 723 g/mol. The molecule has 0 saturated heterocycles. The summed E-state index contributed by atoms with van der Waals surface area (Å²) in [5, 5.41) is 14.2. The minimum atomic E-state index is -1.18. The molecule has 1 aliphatic heterocycles. The van der Waals surface area contributed by atoms with E-state index in [4.69, 9.17) is 5.11 Å². The van der Waals surface area contributed by atoms with Crippen LogP contribution in [0, 0.1) is 17.0 Å². The van der Waals surface area contributed by atoms with Crippen molar-refractivity contribution in [2.75, 3.05) is 37.7 Å². The van der Waals surface area contributed by atoms with Crippen LogP contribution in [-0.2, 0) is 25.7 Å². The van der Waals surface area contributed by atoms with E-state index in [9.17, 15) is 28.4 Å². The summed E-state index contributed by atoms with van der Waals surface area (Å²) in [7, 11) is 0. The molecule has 11 nitrogen and oxygen atoms in total. The first-order valence-corrected chi connectivity index (χ1v) is 17.7. The molecule has 1 aromatic heterocycles. The molecular weight excluding hydrogens is 680 g/mol. The molecule has 0 radical (unpaired) electrons. The lowest BCUT2D eigenvalue weighted by molar-refractivity contribution is -0.137. The second kappa shape index (κ2) is 17.8. The van der Waals surface area contributed by atoms with Crippen molar-refractivity contribution in [3.05, 3.63) is 95.8 Å². The molecule has 4 rings (SSSR count). The maximum absolute atomic E-state index is 15.1. The molecule has 2 aromatic carbocycles. The van der Waals surface area contributed by atoms with E-state index >= 15 is 4.39 Å². The molecule has 3 N–H and O–H groups in total. The Kier molecular flexibility index (Phi) is 13.5. The molecule has 1 atom stereocenters. The Morgan fingerprint density at radius 2 is 1.67 bits per heavy atom. The van der Waals surface area contributed by atoms with Crippen molar-refractivity contribution in [1.29, 1.82) is 0 Å². The van der Waals surface area contributed by atoms with Crippen LogP contribution in [0.3, 0.4) is 0 Å². The van der Waals surface area contributed by atoms with Crippen LogP contribution in [0.4, 0.5) is 13.6 Å². The first kappa shape index (κ1) is 38.8. The van der Waals surface area contributed by atoms with Crippen molar-refractivity contribution < 1.29 is 37.9 Å². The summed E-state index contributed by atoms with van der Waals surface area (Å²) in [6.45, 7) is 6.80. The smallest absolute Gasteiger partial charge is 0.404 e. The molecule has 0 aliphatic carbocycles. The average molecular weight is 724 g/mol. The largest absolute Gasteiger partial charge is 0.465 e. The van der Waals surface area contributed by atoms with E-state index in [1.807, 2.05) is 55.7 Å². The Labute approximate surface area is 300 Å². The van der Waals surface area contributed by atoms with Crippen molar-refractivity contribution in [1.82, 2.24) is 25.0 Å². The molecular formula is C37H43F2N5O6S. The third-order valence-corrected chi connectivity index (χ3v) is 9.15. The number of aromatic nitrogens is 1. The number of thioether (sulfide) groups is 1. The van der Waals surface area contributed by atoms with Crippen LogP contribution in [0.25, 0.3) is 11.1 Å². The Balaban J connectivity index is 1.55.